The fourth-order valence-corrected chi connectivity index (χ4v) is 1.93. The predicted octanol–water partition coefficient (Wildman–Crippen LogP) is -0.795. The molecule has 1 aromatic rings. The smallest absolute Gasteiger partial charge is 0.327 e. The summed E-state index contributed by atoms with van der Waals surface area (Å²) >= 11 is 0. The van der Waals surface area contributed by atoms with E-state index in [2.05, 4.69) is 21.8 Å². The number of nitrogens with zero attached hydrogens (tertiary/aromatic N) is 2. The third kappa shape index (κ3) is 2.33. The Labute approximate surface area is 92.9 Å². The van der Waals surface area contributed by atoms with Crippen LogP contribution in [0.1, 0.15) is 6.92 Å². The van der Waals surface area contributed by atoms with E-state index in [1.165, 1.54) is 6.07 Å². The molecule has 1 saturated heterocycles. The zero-order valence-electron chi connectivity index (χ0n) is 9.32. The lowest BCUT2D eigenvalue weighted by Crippen LogP contribution is -2.47. The minimum atomic E-state index is -0.444. The van der Waals surface area contributed by atoms with Crippen molar-refractivity contribution in [2.24, 2.45) is 0 Å². The zero-order valence-corrected chi connectivity index (χ0v) is 9.32. The highest BCUT2D eigenvalue weighted by atomic mass is 16.2. The molecule has 2 heterocycles. The van der Waals surface area contributed by atoms with E-state index in [-0.39, 0.29) is 5.56 Å². The minimum absolute atomic E-state index is 0.350. The van der Waals surface area contributed by atoms with Crippen molar-refractivity contribution in [1.82, 2.24) is 14.9 Å². The maximum absolute atomic E-state index is 11.2. The van der Waals surface area contributed by atoms with Crippen LogP contribution in [-0.4, -0.2) is 47.6 Å². The molecule has 0 radical (unpaired) electrons. The number of H-pyrrole nitrogens is 2. The first-order chi connectivity index (χ1) is 7.69. The quantitative estimate of drug-likeness (QED) is 0.690. The van der Waals surface area contributed by atoms with E-state index in [0.717, 1.165) is 32.7 Å². The molecular formula is C10H16N4O2. The molecule has 6 nitrogen and oxygen atoms in total. The Hall–Kier alpha value is -1.56. The van der Waals surface area contributed by atoms with Gasteiger partial charge in [0.1, 0.15) is 5.82 Å². The Bertz CT molecular complexity index is 428. The van der Waals surface area contributed by atoms with E-state index >= 15 is 0 Å². The zero-order chi connectivity index (χ0) is 11.5. The predicted molar refractivity (Wildman–Crippen MR) is 62.0 cm³/mol. The molecule has 0 saturated carbocycles. The van der Waals surface area contributed by atoms with Gasteiger partial charge in [0, 0.05) is 32.2 Å². The summed E-state index contributed by atoms with van der Waals surface area (Å²) in [5.41, 5.74) is -0.794. The molecule has 0 aliphatic carbocycles. The fourth-order valence-electron chi connectivity index (χ4n) is 1.93. The number of nitrogens with one attached hydrogen (secondary N) is 2. The number of piperazine rings is 1. The van der Waals surface area contributed by atoms with Gasteiger partial charge in [0.2, 0.25) is 0 Å². The van der Waals surface area contributed by atoms with Gasteiger partial charge in [0.15, 0.2) is 0 Å². The highest BCUT2D eigenvalue weighted by Gasteiger charge is 2.16. The van der Waals surface area contributed by atoms with Gasteiger partial charge in [-0.3, -0.25) is 14.8 Å². The van der Waals surface area contributed by atoms with E-state index < -0.39 is 5.69 Å². The summed E-state index contributed by atoms with van der Waals surface area (Å²) in [4.78, 5) is 31.5. The molecule has 0 spiro atoms. The van der Waals surface area contributed by atoms with Crippen molar-refractivity contribution in [1.29, 1.82) is 0 Å². The summed E-state index contributed by atoms with van der Waals surface area (Å²) in [5.74, 6) is 0.615. The van der Waals surface area contributed by atoms with Gasteiger partial charge in [-0.25, -0.2) is 4.79 Å². The molecule has 1 aliphatic heterocycles. The SMILES string of the molecule is CCN1CCN(c2cc(=O)[nH]c(=O)[nH]2)CC1. The van der Waals surface area contributed by atoms with Crippen molar-refractivity contribution in [3.63, 3.8) is 0 Å². The van der Waals surface area contributed by atoms with E-state index in [1.54, 1.807) is 0 Å². The lowest BCUT2D eigenvalue weighted by Gasteiger charge is -2.34. The molecule has 0 aromatic carbocycles. The van der Waals surface area contributed by atoms with Gasteiger partial charge >= 0.3 is 5.69 Å². The number of hydrogen-bond acceptors (Lipinski definition) is 4. The molecule has 0 unspecified atom stereocenters. The van der Waals surface area contributed by atoms with Gasteiger partial charge in [-0.15, -0.1) is 0 Å². The van der Waals surface area contributed by atoms with Crippen LogP contribution in [0.3, 0.4) is 0 Å². The number of rotatable bonds is 2. The lowest BCUT2D eigenvalue weighted by atomic mass is 10.3. The second-order valence-electron chi connectivity index (χ2n) is 3.89. The van der Waals surface area contributed by atoms with Crippen LogP contribution in [0.2, 0.25) is 0 Å². The normalized spacial score (nSPS) is 17.7. The molecule has 0 atom stereocenters. The topological polar surface area (TPSA) is 72.2 Å². The summed E-state index contributed by atoms with van der Waals surface area (Å²) in [7, 11) is 0. The van der Waals surface area contributed by atoms with Crippen LogP contribution >= 0.6 is 0 Å². The third-order valence-corrected chi connectivity index (χ3v) is 2.91. The average molecular weight is 224 g/mol. The van der Waals surface area contributed by atoms with Crippen LogP contribution in [-0.2, 0) is 0 Å². The van der Waals surface area contributed by atoms with Crippen molar-refractivity contribution in [3.05, 3.63) is 26.9 Å². The summed E-state index contributed by atoms with van der Waals surface area (Å²) < 4.78 is 0. The molecule has 1 aromatic heterocycles. The van der Waals surface area contributed by atoms with Crippen LogP contribution in [0.4, 0.5) is 5.82 Å². The van der Waals surface area contributed by atoms with Crippen molar-refractivity contribution >= 4 is 5.82 Å². The number of likely N-dealkylation sites (N-methyl/N-ethyl adjacent to an activating group) is 1. The highest BCUT2D eigenvalue weighted by molar-refractivity contribution is 5.36. The van der Waals surface area contributed by atoms with E-state index in [4.69, 9.17) is 0 Å². The Kier molecular flexibility index (Phi) is 3.09. The fraction of sp³-hybridized carbons (Fsp3) is 0.600. The van der Waals surface area contributed by atoms with Gasteiger partial charge in [0.25, 0.3) is 5.56 Å². The van der Waals surface area contributed by atoms with Crippen molar-refractivity contribution in [3.8, 4) is 0 Å². The van der Waals surface area contributed by atoms with Crippen molar-refractivity contribution < 1.29 is 0 Å². The standard InChI is InChI=1S/C10H16N4O2/c1-2-13-3-5-14(6-4-13)8-7-9(15)12-10(16)11-8/h7H,2-6H2,1H3,(H2,11,12,15,16). The first-order valence-corrected chi connectivity index (χ1v) is 5.50. The molecule has 88 valence electrons. The highest BCUT2D eigenvalue weighted by Crippen LogP contribution is 2.09. The molecule has 6 heteroatoms. The van der Waals surface area contributed by atoms with Crippen LogP contribution in [0.15, 0.2) is 15.7 Å². The molecule has 0 amide bonds. The van der Waals surface area contributed by atoms with Crippen LogP contribution < -0.4 is 16.1 Å². The van der Waals surface area contributed by atoms with E-state index in [1.807, 2.05) is 4.90 Å². The Morgan fingerprint density at radius 1 is 1.19 bits per heavy atom. The van der Waals surface area contributed by atoms with E-state index in [9.17, 15) is 9.59 Å². The first-order valence-electron chi connectivity index (χ1n) is 5.50. The van der Waals surface area contributed by atoms with Gasteiger partial charge < -0.3 is 9.80 Å². The molecule has 1 aliphatic rings. The molecule has 0 bridgehead atoms. The number of aromatic amines is 2. The maximum Gasteiger partial charge on any atom is 0.327 e. The number of anilines is 1. The van der Waals surface area contributed by atoms with Gasteiger partial charge in [-0.05, 0) is 6.54 Å². The van der Waals surface area contributed by atoms with Gasteiger partial charge in [-0.1, -0.05) is 6.92 Å². The third-order valence-electron chi connectivity index (χ3n) is 2.91. The van der Waals surface area contributed by atoms with Crippen LogP contribution in [0.25, 0.3) is 0 Å². The molecule has 2 N–H and O–H groups in total. The summed E-state index contributed by atoms with van der Waals surface area (Å²) in [6.45, 7) is 6.78. The molecule has 16 heavy (non-hydrogen) atoms. The maximum atomic E-state index is 11.2. The minimum Gasteiger partial charge on any atom is -0.355 e. The molecular weight excluding hydrogens is 208 g/mol. The Morgan fingerprint density at radius 3 is 2.44 bits per heavy atom. The Balaban J connectivity index is 2.14. The second kappa shape index (κ2) is 4.52. The van der Waals surface area contributed by atoms with Crippen LogP contribution in [0, 0.1) is 0 Å². The number of hydrogen-bond donors (Lipinski definition) is 2. The van der Waals surface area contributed by atoms with Gasteiger partial charge in [-0.2, -0.15) is 0 Å². The van der Waals surface area contributed by atoms with E-state index in [0.29, 0.717) is 5.82 Å². The Morgan fingerprint density at radius 2 is 1.88 bits per heavy atom. The van der Waals surface area contributed by atoms with Gasteiger partial charge in [0.05, 0.1) is 0 Å². The van der Waals surface area contributed by atoms with Crippen molar-refractivity contribution in [2.75, 3.05) is 37.6 Å². The first kappa shape index (κ1) is 10.9. The van der Waals surface area contributed by atoms with Crippen molar-refractivity contribution in [2.45, 2.75) is 6.92 Å². The monoisotopic (exact) mass is 224 g/mol. The molecule has 2 rings (SSSR count). The average Bonchev–Trinajstić information content (AvgIpc) is 2.28. The lowest BCUT2D eigenvalue weighted by molar-refractivity contribution is 0.270. The second-order valence-corrected chi connectivity index (χ2v) is 3.89. The molecule has 1 fully saturated rings. The summed E-state index contributed by atoms with van der Waals surface area (Å²) in [5, 5.41) is 0. The summed E-state index contributed by atoms with van der Waals surface area (Å²) in [6, 6.07) is 1.43. The van der Waals surface area contributed by atoms with Crippen LogP contribution in [0.5, 0.6) is 0 Å². The largest absolute Gasteiger partial charge is 0.355 e. The number of aromatic nitrogens is 2. The summed E-state index contributed by atoms with van der Waals surface area (Å²) in [6.07, 6.45) is 0.